The van der Waals surface area contributed by atoms with Crippen LogP contribution in [-0.2, 0) is 6.42 Å². The molecular weight excluding hydrogens is 244 g/mol. The third-order valence-corrected chi connectivity index (χ3v) is 4.06. The van der Waals surface area contributed by atoms with Crippen LogP contribution >= 0.6 is 11.6 Å². The molecule has 1 aromatic heterocycles. The van der Waals surface area contributed by atoms with Gasteiger partial charge in [0, 0.05) is 25.0 Å². The summed E-state index contributed by atoms with van der Waals surface area (Å²) in [6.07, 6.45) is 9.74. The summed E-state index contributed by atoms with van der Waals surface area (Å²) in [4.78, 5) is 4.06. The van der Waals surface area contributed by atoms with Gasteiger partial charge < -0.3 is 5.32 Å². The van der Waals surface area contributed by atoms with E-state index in [0.29, 0.717) is 5.41 Å². The molecule has 1 heterocycles. The number of pyridine rings is 1. The van der Waals surface area contributed by atoms with Crippen molar-refractivity contribution in [3.63, 3.8) is 0 Å². The van der Waals surface area contributed by atoms with Gasteiger partial charge in [-0.15, -0.1) is 0 Å². The first-order valence-electron chi connectivity index (χ1n) is 6.95. The minimum absolute atomic E-state index is 0.294. The van der Waals surface area contributed by atoms with Crippen molar-refractivity contribution in [2.24, 2.45) is 5.41 Å². The summed E-state index contributed by atoms with van der Waals surface area (Å²) in [7, 11) is 0. The molecular formula is C15H23ClN2. The normalized spacial score (nSPS) is 18.6. The summed E-state index contributed by atoms with van der Waals surface area (Å²) in [6.45, 7) is 5.70. The average Bonchev–Trinajstić information content (AvgIpc) is 3.14. The first kappa shape index (κ1) is 13.8. The molecule has 3 heteroatoms. The van der Waals surface area contributed by atoms with E-state index in [0.717, 1.165) is 24.0 Å². The fraction of sp³-hybridized carbons (Fsp3) is 0.667. The minimum Gasteiger partial charge on any atom is -0.313 e. The molecule has 1 unspecified atom stereocenters. The van der Waals surface area contributed by atoms with Crippen LogP contribution in [0.1, 0.15) is 45.1 Å². The molecule has 1 aliphatic carbocycles. The van der Waals surface area contributed by atoms with Crippen molar-refractivity contribution in [1.82, 2.24) is 10.3 Å². The van der Waals surface area contributed by atoms with E-state index in [1.165, 1.54) is 31.2 Å². The maximum Gasteiger partial charge on any atom is 0.0621 e. The van der Waals surface area contributed by atoms with Crippen molar-refractivity contribution >= 4 is 11.6 Å². The Morgan fingerprint density at radius 3 is 2.89 bits per heavy atom. The molecule has 1 fully saturated rings. The number of hydrogen-bond donors (Lipinski definition) is 1. The minimum atomic E-state index is 0.294. The third kappa shape index (κ3) is 3.96. The van der Waals surface area contributed by atoms with Gasteiger partial charge in [0.15, 0.2) is 0 Å². The molecule has 100 valence electrons. The van der Waals surface area contributed by atoms with Crippen LogP contribution in [0.3, 0.4) is 0 Å². The number of rotatable bonds is 7. The predicted molar refractivity (Wildman–Crippen MR) is 77.0 cm³/mol. The number of aromatic nitrogens is 1. The molecule has 0 saturated heterocycles. The molecule has 1 aliphatic rings. The highest BCUT2D eigenvalue weighted by molar-refractivity contribution is 6.31. The Bertz CT molecular complexity index is 390. The summed E-state index contributed by atoms with van der Waals surface area (Å²) in [5.41, 5.74) is 1.52. The Hall–Kier alpha value is -0.600. The van der Waals surface area contributed by atoms with Crippen LogP contribution in [0.2, 0.25) is 5.02 Å². The van der Waals surface area contributed by atoms with Crippen molar-refractivity contribution in [2.45, 2.75) is 52.0 Å². The zero-order valence-electron chi connectivity index (χ0n) is 11.4. The topological polar surface area (TPSA) is 24.9 Å². The Morgan fingerprint density at radius 2 is 2.28 bits per heavy atom. The predicted octanol–water partition coefficient (Wildman–Crippen LogP) is 3.84. The molecule has 2 nitrogen and oxygen atoms in total. The van der Waals surface area contributed by atoms with E-state index in [1.54, 1.807) is 6.20 Å². The van der Waals surface area contributed by atoms with Gasteiger partial charge in [-0.25, -0.2) is 0 Å². The maximum absolute atomic E-state index is 6.22. The molecule has 1 aromatic rings. The van der Waals surface area contributed by atoms with Gasteiger partial charge in [0.1, 0.15) is 0 Å². The lowest BCUT2D eigenvalue weighted by Gasteiger charge is -2.30. The van der Waals surface area contributed by atoms with E-state index in [4.69, 9.17) is 11.6 Å². The van der Waals surface area contributed by atoms with Gasteiger partial charge in [-0.1, -0.05) is 31.9 Å². The van der Waals surface area contributed by atoms with Gasteiger partial charge in [-0.3, -0.25) is 4.98 Å². The van der Waals surface area contributed by atoms with Crippen LogP contribution in [0.4, 0.5) is 0 Å². The molecule has 0 radical (unpaired) electrons. The summed E-state index contributed by atoms with van der Waals surface area (Å²) in [5.74, 6) is 0. The van der Waals surface area contributed by atoms with Crippen LogP contribution in [0.5, 0.6) is 0 Å². The van der Waals surface area contributed by atoms with E-state index in [1.807, 2.05) is 12.3 Å². The Balaban J connectivity index is 2.01. The van der Waals surface area contributed by atoms with Crippen LogP contribution in [-0.4, -0.2) is 17.6 Å². The van der Waals surface area contributed by atoms with Crippen molar-refractivity contribution in [2.75, 3.05) is 6.54 Å². The van der Waals surface area contributed by atoms with Gasteiger partial charge >= 0.3 is 0 Å². The smallest absolute Gasteiger partial charge is 0.0621 e. The van der Waals surface area contributed by atoms with E-state index in [-0.39, 0.29) is 0 Å². The summed E-state index contributed by atoms with van der Waals surface area (Å²) in [6, 6.07) is 2.82. The lowest BCUT2D eigenvalue weighted by molar-refractivity contribution is 0.274. The van der Waals surface area contributed by atoms with Crippen molar-refractivity contribution in [3.8, 4) is 0 Å². The largest absolute Gasteiger partial charge is 0.313 e. The maximum atomic E-state index is 6.22. The molecule has 0 spiro atoms. The monoisotopic (exact) mass is 266 g/mol. The second-order valence-electron chi connectivity index (χ2n) is 5.86. The Labute approximate surface area is 115 Å². The second-order valence-corrected chi connectivity index (χ2v) is 6.27. The number of hydrogen-bond acceptors (Lipinski definition) is 2. The summed E-state index contributed by atoms with van der Waals surface area (Å²) in [5, 5.41) is 4.46. The third-order valence-electron chi connectivity index (χ3n) is 3.72. The average molecular weight is 267 g/mol. The summed E-state index contributed by atoms with van der Waals surface area (Å²) >= 11 is 6.22. The van der Waals surface area contributed by atoms with Gasteiger partial charge in [0.2, 0.25) is 0 Å². The molecule has 2 rings (SSSR count). The van der Waals surface area contributed by atoms with Crippen LogP contribution in [0, 0.1) is 5.41 Å². The highest BCUT2D eigenvalue weighted by Crippen LogP contribution is 2.31. The zero-order chi connectivity index (χ0) is 13.0. The van der Waals surface area contributed by atoms with Gasteiger partial charge in [-0.05, 0) is 42.7 Å². The molecule has 1 atom stereocenters. The standard InChI is InChI=1S/C15H23ClN2/c1-3-7-15(2,11-18-13-4-5-13)9-12-6-8-17-10-14(12)16/h6,8,10,13,18H,3-5,7,9,11H2,1-2H3. The highest BCUT2D eigenvalue weighted by Gasteiger charge is 2.28. The molecule has 0 amide bonds. The fourth-order valence-corrected chi connectivity index (χ4v) is 2.71. The summed E-state index contributed by atoms with van der Waals surface area (Å²) < 4.78 is 0. The van der Waals surface area contributed by atoms with Crippen molar-refractivity contribution < 1.29 is 0 Å². The molecule has 1 N–H and O–H groups in total. The SMILES string of the molecule is CCCC(C)(CNC1CC1)Cc1ccncc1Cl. The number of halogens is 1. The van der Waals surface area contributed by atoms with Gasteiger partial charge in [0.25, 0.3) is 0 Å². The quantitative estimate of drug-likeness (QED) is 0.811. The van der Waals surface area contributed by atoms with E-state index in [9.17, 15) is 0 Å². The fourth-order valence-electron chi connectivity index (χ4n) is 2.53. The van der Waals surface area contributed by atoms with Crippen LogP contribution in [0.15, 0.2) is 18.5 Å². The molecule has 0 aliphatic heterocycles. The second kappa shape index (κ2) is 6.03. The molecule has 0 aromatic carbocycles. The molecule has 0 bridgehead atoms. The molecule has 18 heavy (non-hydrogen) atoms. The van der Waals surface area contributed by atoms with Crippen molar-refractivity contribution in [1.29, 1.82) is 0 Å². The zero-order valence-corrected chi connectivity index (χ0v) is 12.1. The number of nitrogens with one attached hydrogen (secondary N) is 1. The van der Waals surface area contributed by atoms with E-state index < -0.39 is 0 Å². The Kier molecular flexibility index (Phi) is 4.63. The van der Waals surface area contributed by atoms with Crippen LogP contribution < -0.4 is 5.32 Å². The Morgan fingerprint density at radius 1 is 1.50 bits per heavy atom. The van der Waals surface area contributed by atoms with Gasteiger partial charge in [-0.2, -0.15) is 0 Å². The van der Waals surface area contributed by atoms with E-state index >= 15 is 0 Å². The molecule has 1 saturated carbocycles. The number of nitrogens with zero attached hydrogens (tertiary/aromatic N) is 1. The van der Waals surface area contributed by atoms with Crippen LogP contribution in [0.25, 0.3) is 0 Å². The lowest BCUT2D eigenvalue weighted by Crippen LogP contribution is -2.35. The highest BCUT2D eigenvalue weighted by atomic mass is 35.5. The first-order valence-corrected chi connectivity index (χ1v) is 7.32. The van der Waals surface area contributed by atoms with E-state index in [2.05, 4.69) is 24.1 Å². The van der Waals surface area contributed by atoms with Crippen molar-refractivity contribution in [3.05, 3.63) is 29.0 Å². The lowest BCUT2D eigenvalue weighted by atomic mass is 9.79. The van der Waals surface area contributed by atoms with Gasteiger partial charge in [0.05, 0.1) is 5.02 Å². The first-order chi connectivity index (χ1) is 8.63.